The average molecular weight is 375 g/mol. The van der Waals surface area contributed by atoms with Crippen LogP contribution in [0.2, 0.25) is 0 Å². The van der Waals surface area contributed by atoms with E-state index in [9.17, 15) is 4.79 Å². The number of carbonyl (C=O) groups is 1. The van der Waals surface area contributed by atoms with E-state index in [-0.39, 0.29) is 5.91 Å². The van der Waals surface area contributed by atoms with Gasteiger partial charge in [-0.1, -0.05) is 22.0 Å². The van der Waals surface area contributed by atoms with Crippen molar-refractivity contribution in [2.75, 3.05) is 11.1 Å². The number of hydrogen-bond donors (Lipinski definition) is 2. The second kappa shape index (κ2) is 7.03. The van der Waals surface area contributed by atoms with Crippen LogP contribution in [0.4, 0.5) is 5.69 Å². The summed E-state index contributed by atoms with van der Waals surface area (Å²) < 4.78 is 1.06. The van der Waals surface area contributed by atoms with Gasteiger partial charge in [-0.15, -0.1) is 11.8 Å². The van der Waals surface area contributed by atoms with Crippen LogP contribution >= 0.6 is 27.7 Å². The number of hydrogen-bond acceptors (Lipinski definition) is 2. The molecule has 1 heterocycles. The summed E-state index contributed by atoms with van der Waals surface area (Å²) in [7, 11) is 0. The number of fused-ring (bicyclic) bond motifs is 1. The third kappa shape index (κ3) is 3.72. The van der Waals surface area contributed by atoms with Crippen LogP contribution in [0, 0.1) is 0 Å². The summed E-state index contributed by atoms with van der Waals surface area (Å²) in [5.41, 5.74) is 1.89. The Balaban J connectivity index is 1.54. The number of aromatic nitrogens is 1. The molecule has 1 amide bonds. The van der Waals surface area contributed by atoms with Gasteiger partial charge in [-0.2, -0.15) is 0 Å². The number of anilines is 1. The van der Waals surface area contributed by atoms with Gasteiger partial charge in [0.1, 0.15) is 0 Å². The highest BCUT2D eigenvalue weighted by Gasteiger charge is 2.06. The molecular formula is C17H15BrN2OS. The molecule has 0 bridgehead atoms. The molecule has 3 nitrogen and oxygen atoms in total. The van der Waals surface area contributed by atoms with Gasteiger partial charge in [0.05, 0.1) is 5.69 Å². The molecule has 0 unspecified atom stereocenters. The van der Waals surface area contributed by atoms with Crippen molar-refractivity contribution in [1.29, 1.82) is 0 Å². The molecule has 0 aliphatic carbocycles. The number of aromatic amines is 1. The molecule has 0 fully saturated rings. The third-order valence-corrected chi connectivity index (χ3v) is 4.82. The quantitative estimate of drug-likeness (QED) is 0.613. The Morgan fingerprint density at radius 1 is 1.14 bits per heavy atom. The summed E-state index contributed by atoms with van der Waals surface area (Å²) >= 11 is 5.10. The lowest BCUT2D eigenvalue weighted by atomic mass is 10.2. The average Bonchev–Trinajstić information content (AvgIpc) is 2.99. The van der Waals surface area contributed by atoms with Crippen molar-refractivity contribution in [1.82, 2.24) is 4.98 Å². The molecule has 0 aliphatic heterocycles. The molecule has 2 aromatic carbocycles. The Labute approximate surface area is 141 Å². The molecular weight excluding hydrogens is 360 g/mol. The number of carbonyl (C=O) groups excluding carboxylic acids is 1. The lowest BCUT2D eigenvalue weighted by Gasteiger charge is -2.07. The number of nitrogens with one attached hydrogen (secondary N) is 2. The molecule has 22 heavy (non-hydrogen) atoms. The Morgan fingerprint density at radius 2 is 1.95 bits per heavy atom. The molecule has 0 spiro atoms. The highest BCUT2D eigenvalue weighted by Crippen LogP contribution is 2.24. The molecule has 0 saturated heterocycles. The van der Waals surface area contributed by atoms with Crippen molar-refractivity contribution in [2.45, 2.75) is 11.3 Å². The summed E-state index contributed by atoms with van der Waals surface area (Å²) in [4.78, 5) is 16.4. The lowest BCUT2D eigenvalue weighted by Crippen LogP contribution is -2.12. The maximum Gasteiger partial charge on any atom is 0.225 e. The van der Waals surface area contributed by atoms with Crippen LogP contribution < -0.4 is 5.32 Å². The van der Waals surface area contributed by atoms with Crippen LogP contribution in [0.15, 0.2) is 64.1 Å². The molecule has 0 aliphatic rings. The number of halogens is 1. The van der Waals surface area contributed by atoms with E-state index < -0.39 is 0 Å². The number of benzene rings is 2. The monoisotopic (exact) mass is 374 g/mol. The maximum absolute atomic E-state index is 12.1. The Hall–Kier alpha value is -1.72. The highest BCUT2D eigenvalue weighted by molar-refractivity contribution is 9.10. The van der Waals surface area contributed by atoms with Crippen molar-refractivity contribution in [3.63, 3.8) is 0 Å². The summed E-state index contributed by atoms with van der Waals surface area (Å²) in [6.07, 6.45) is 2.37. The minimum absolute atomic E-state index is 0.0401. The van der Waals surface area contributed by atoms with E-state index in [1.54, 1.807) is 11.8 Å². The first-order valence-electron chi connectivity index (χ1n) is 6.97. The van der Waals surface area contributed by atoms with Crippen LogP contribution in [0.5, 0.6) is 0 Å². The van der Waals surface area contributed by atoms with E-state index in [1.807, 2.05) is 54.7 Å². The summed E-state index contributed by atoms with van der Waals surface area (Å²) in [5.74, 6) is 0.801. The van der Waals surface area contributed by atoms with Crippen LogP contribution in [0.3, 0.4) is 0 Å². The second-order valence-electron chi connectivity index (χ2n) is 4.85. The normalized spacial score (nSPS) is 10.8. The molecule has 1 aromatic heterocycles. The van der Waals surface area contributed by atoms with Gasteiger partial charge in [-0.05, 0) is 42.5 Å². The zero-order valence-corrected chi connectivity index (χ0v) is 14.2. The number of H-pyrrole nitrogens is 1. The largest absolute Gasteiger partial charge is 0.361 e. The molecule has 5 heteroatoms. The third-order valence-electron chi connectivity index (χ3n) is 3.28. The Bertz CT molecular complexity index is 783. The Kier molecular flexibility index (Phi) is 4.85. The van der Waals surface area contributed by atoms with Crippen molar-refractivity contribution in [3.8, 4) is 0 Å². The molecule has 0 radical (unpaired) electrons. The molecule has 3 rings (SSSR count). The van der Waals surface area contributed by atoms with Crippen LogP contribution in [0.25, 0.3) is 10.9 Å². The van der Waals surface area contributed by atoms with E-state index in [4.69, 9.17) is 0 Å². The van der Waals surface area contributed by atoms with Gasteiger partial charge in [-0.3, -0.25) is 4.79 Å². The molecule has 2 N–H and O–H groups in total. The number of rotatable bonds is 5. The fourth-order valence-corrected chi connectivity index (χ4v) is 3.32. The second-order valence-corrected chi connectivity index (χ2v) is 6.93. The van der Waals surface area contributed by atoms with E-state index in [2.05, 4.69) is 26.2 Å². The fraction of sp³-hybridized carbons (Fsp3) is 0.118. The van der Waals surface area contributed by atoms with E-state index in [1.165, 1.54) is 4.90 Å². The molecule has 0 atom stereocenters. The smallest absolute Gasteiger partial charge is 0.225 e. The van der Waals surface area contributed by atoms with E-state index in [0.29, 0.717) is 6.42 Å². The summed E-state index contributed by atoms with van der Waals surface area (Å²) in [6.45, 7) is 0. The van der Waals surface area contributed by atoms with Crippen LogP contribution in [0.1, 0.15) is 6.42 Å². The van der Waals surface area contributed by atoms with Crippen molar-refractivity contribution < 1.29 is 4.79 Å². The van der Waals surface area contributed by atoms with Crippen molar-refractivity contribution in [2.24, 2.45) is 0 Å². The van der Waals surface area contributed by atoms with Crippen molar-refractivity contribution in [3.05, 3.63) is 59.2 Å². The van der Waals surface area contributed by atoms with Crippen LogP contribution in [-0.4, -0.2) is 16.6 Å². The summed E-state index contributed by atoms with van der Waals surface area (Å²) in [5, 5.41) is 4.02. The first-order chi connectivity index (χ1) is 10.7. The van der Waals surface area contributed by atoms with Gasteiger partial charge in [0, 0.05) is 38.6 Å². The van der Waals surface area contributed by atoms with Crippen LogP contribution in [-0.2, 0) is 4.79 Å². The lowest BCUT2D eigenvalue weighted by molar-refractivity contribution is -0.115. The molecule has 3 aromatic rings. The zero-order valence-electron chi connectivity index (χ0n) is 11.8. The predicted octanol–water partition coefficient (Wildman–Crippen LogP) is 5.05. The first-order valence-corrected chi connectivity index (χ1v) is 8.74. The predicted molar refractivity (Wildman–Crippen MR) is 96.4 cm³/mol. The van der Waals surface area contributed by atoms with Gasteiger partial charge in [-0.25, -0.2) is 0 Å². The minimum Gasteiger partial charge on any atom is -0.361 e. The fourth-order valence-electron chi connectivity index (χ4n) is 2.20. The standard InChI is InChI=1S/C17H15BrN2OS/c18-12-4-6-13(7-5-12)22-11-9-17(21)20-16-3-1-2-15-14(16)8-10-19-15/h1-8,10,19H,9,11H2,(H,20,21). The van der Waals surface area contributed by atoms with Gasteiger partial charge in [0.2, 0.25) is 5.91 Å². The van der Waals surface area contributed by atoms with Crippen molar-refractivity contribution >= 4 is 50.2 Å². The topological polar surface area (TPSA) is 44.9 Å². The van der Waals surface area contributed by atoms with E-state index >= 15 is 0 Å². The van der Waals surface area contributed by atoms with E-state index in [0.717, 1.165) is 26.8 Å². The highest BCUT2D eigenvalue weighted by atomic mass is 79.9. The summed E-state index contributed by atoms with van der Waals surface area (Å²) in [6, 6.07) is 15.9. The molecule has 112 valence electrons. The zero-order chi connectivity index (χ0) is 15.4. The minimum atomic E-state index is 0.0401. The van der Waals surface area contributed by atoms with Gasteiger partial charge >= 0.3 is 0 Å². The number of amides is 1. The maximum atomic E-state index is 12.1. The SMILES string of the molecule is O=C(CCSc1ccc(Br)cc1)Nc1cccc2[nH]ccc12. The first kappa shape index (κ1) is 15.2. The Morgan fingerprint density at radius 3 is 2.77 bits per heavy atom. The van der Waals surface area contributed by atoms with Gasteiger partial charge in [0.15, 0.2) is 0 Å². The number of thioether (sulfide) groups is 1. The van der Waals surface area contributed by atoms with Gasteiger partial charge < -0.3 is 10.3 Å². The van der Waals surface area contributed by atoms with Gasteiger partial charge in [0.25, 0.3) is 0 Å². The molecule has 0 saturated carbocycles.